The third-order valence-electron chi connectivity index (χ3n) is 4.86. The van der Waals surface area contributed by atoms with Gasteiger partial charge in [-0.1, -0.05) is 49.4 Å². The molecule has 4 rings (SSSR count). The molecule has 0 saturated heterocycles. The van der Waals surface area contributed by atoms with Gasteiger partial charge >= 0.3 is 6.03 Å². The predicted octanol–water partition coefficient (Wildman–Crippen LogP) is 5.15. The van der Waals surface area contributed by atoms with Crippen LogP contribution in [0.3, 0.4) is 0 Å². The number of carbonyl (C=O) groups excluding carboxylic acids is 2. The third kappa shape index (κ3) is 4.66. The SMILES string of the molecule is CC1CN(C(=O)Nc2ccc(C(=O)NCc3ccccc3)cc2)c2ccccc2S1. The van der Waals surface area contributed by atoms with Crippen molar-refractivity contribution >= 4 is 35.1 Å². The zero-order chi connectivity index (χ0) is 20.9. The number of rotatable bonds is 4. The van der Waals surface area contributed by atoms with Crippen LogP contribution in [-0.2, 0) is 6.54 Å². The second-order valence-corrected chi connectivity index (χ2v) is 8.66. The first-order valence-corrected chi connectivity index (χ1v) is 10.7. The van der Waals surface area contributed by atoms with Crippen molar-refractivity contribution < 1.29 is 9.59 Å². The molecular weight excluding hydrogens is 394 g/mol. The van der Waals surface area contributed by atoms with Gasteiger partial charge in [-0.15, -0.1) is 11.8 Å². The van der Waals surface area contributed by atoms with Crippen LogP contribution in [0.5, 0.6) is 0 Å². The summed E-state index contributed by atoms with van der Waals surface area (Å²) in [5.41, 5.74) is 3.18. The summed E-state index contributed by atoms with van der Waals surface area (Å²) in [6.07, 6.45) is 0. The highest BCUT2D eigenvalue weighted by Crippen LogP contribution is 2.38. The van der Waals surface area contributed by atoms with E-state index in [0.29, 0.717) is 29.6 Å². The molecule has 1 aliphatic heterocycles. The summed E-state index contributed by atoms with van der Waals surface area (Å²) in [5, 5.41) is 6.17. The summed E-state index contributed by atoms with van der Waals surface area (Å²) in [5.74, 6) is -0.146. The maximum atomic E-state index is 12.9. The first-order valence-electron chi connectivity index (χ1n) is 9.86. The number of anilines is 2. The number of urea groups is 1. The molecule has 0 bridgehead atoms. The standard InChI is InChI=1S/C24H23N3O2S/c1-17-16-27(21-9-5-6-10-22(21)30-17)24(29)26-20-13-11-19(12-14-20)23(28)25-15-18-7-3-2-4-8-18/h2-14,17H,15-16H2,1H3,(H,25,28)(H,26,29). The van der Waals surface area contributed by atoms with Gasteiger partial charge in [0, 0.05) is 34.5 Å². The second-order valence-electron chi connectivity index (χ2n) is 7.18. The number of benzene rings is 3. The van der Waals surface area contributed by atoms with Gasteiger partial charge in [0.1, 0.15) is 0 Å². The van der Waals surface area contributed by atoms with Crippen molar-refractivity contribution in [1.82, 2.24) is 5.32 Å². The third-order valence-corrected chi connectivity index (χ3v) is 6.01. The Morgan fingerprint density at radius 1 is 0.967 bits per heavy atom. The van der Waals surface area contributed by atoms with Crippen molar-refractivity contribution in [3.05, 3.63) is 90.0 Å². The number of nitrogens with zero attached hydrogens (tertiary/aromatic N) is 1. The van der Waals surface area contributed by atoms with Crippen molar-refractivity contribution in [3.63, 3.8) is 0 Å². The molecule has 0 spiro atoms. The van der Waals surface area contributed by atoms with Crippen molar-refractivity contribution in [1.29, 1.82) is 0 Å². The average Bonchev–Trinajstić information content (AvgIpc) is 2.78. The van der Waals surface area contributed by atoms with E-state index in [9.17, 15) is 9.59 Å². The van der Waals surface area contributed by atoms with E-state index < -0.39 is 0 Å². The van der Waals surface area contributed by atoms with Crippen LogP contribution in [0, 0.1) is 0 Å². The van der Waals surface area contributed by atoms with Crippen LogP contribution in [0.15, 0.2) is 83.8 Å². The zero-order valence-corrected chi connectivity index (χ0v) is 17.5. The Bertz CT molecular complexity index is 1040. The number of hydrogen-bond acceptors (Lipinski definition) is 3. The monoisotopic (exact) mass is 417 g/mol. The van der Waals surface area contributed by atoms with Gasteiger partial charge in [-0.05, 0) is 42.0 Å². The van der Waals surface area contributed by atoms with Gasteiger partial charge in [0.15, 0.2) is 0 Å². The van der Waals surface area contributed by atoms with Gasteiger partial charge in [-0.25, -0.2) is 4.79 Å². The van der Waals surface area contributed by atoms with E-state index in [2.05, 4.69) is 17.6 Å². The van der Waals surface area contributed by atoms with Crippen molar-refractivity contribution in [2.45, 2.75) is 23.6 Å². The highest BCUT2D eigenvalue weighted by atomic mass is 32.2. The van der Waals surface area contributed by atoms with E-state index >= 15 is 0 Å². The minimum absolute atomic E-state index is 0.146. The normalized spacial score (nSPS) is 15.2. The number of nitrogens with one attached hydrogen (secondary N) is 2. The lowest BCUT2D eigenvalue weighted by Crippen LogP contribution is -2.41. The van der Waals surface area contributed by atoms with E-state index in [1.54, 1.807) is 40.9 Å². The number of fused-ring (bicyclic) bond motifs is 1. The molecule has 1 heterocycles. The predicted molar refractivity (Wildman–Crippen MR) is 122 cm³/mol. The van der Waals surface area contributed by atoms with Gasteiger partial charge in [0.25, 0.3) is 5.91 Å². The van der Waals surface area contributed by atoms with Crippen LogP contribution < -0.4 is 15.5 Å². The van der Waals surface area contributed by atoms with Crippen LogP contribution in [-0.4, -0.2) is 23.7 Å². The van der Waals surface area contributed by atoms with Crippen LogP contribution in [0.2, 0.25) is 0 Å². The van der Waals surface area contributed by atoms with E-state index in [4.69, 9.17) is 0 Å². The summed E-state index contributed by atoms with van der Waals surface area (Å²) in [4.78, 5) is 28.1. The number of para-hydroxylation sites is 1. The average molecular weight is 418 g/mol. The van der Waals surface area contributed by atoms with Gasteiger partial charge < -0.3 is 10.6 Å². The molecule has 0 aromatic heterocycles. The lowest BCUT2D eigenvalue weighted by molar-refractivity contribution is 0.0951. The van der Waals surface area contributed by atoms with Crippen molar-refractivity contribution in [3.8, 4) is 0 Å². The minimum Gasteiger partial charge on any atom is -0.348 e. The van der Waals surface area contributed by atoms with Gasteiger partial charge in [-0.2, -0.15) is 0 Å². The Balaban J connectivity index is 1.39. The lowest BCUT2D eigenvalue weighted by atomic mass is 10.1. The fourth-order valence-electron chi connectivity index (χ4n) is 3.36. The molecule has 6 heteroatoms. The Morgan fingerprint density at radius 3 is 2.43 bits per heavy atom. The maximum absolute atomic E-state index is 12.9. The first-order chi connectivity index (χ1) is 14.6. The van der Waals surface area contributed by atoms with Crippen molar-refractivity contribution in [2.24, 2.45) is 0 Å². The smallest absolute Gasteiger partial charge is 0.326 e. The number of hydrogen-bond donors (Lipinski definition) is 2. The van der Waals surface area contributed by atoms with Crippen LogP contribution in [0.25, 0.3) is 0 Å². The summed E-state index contributed by atoms with van der Waals surface area (Å²) in [6.45, 7) is 3.24. The van der Waals surface area contributed by atoms with E-state index in [1.807, 2.05) is 54.6 Å². The first kappa shape index (κ1) is 20.0. The fraction of sp³-hybridized carbons (Fsp3) is 0.167. The molecule has 0 saturated carbocycles. The molecule has 1 atom stereocenters. The highest BCUT2D eigenvalue weighted by Gasteiger charge is 2.26. The number of amides is 3. The van der Waals surface area contributed by atoms with Gasteiger partial charge in [0.2, 0.25) is 0 Å². The molecule has 0 radical (unpaired) electrons. The number of carbonyl (C=O) groups is 2. The Morgan fingerprint density at radius 2 is 1.67 bits per heavy atom. The molecular formula is C24H23N3O2S. The van der Waals surface area contributed by atoms with E-state index in [-0.39, 0.29) is 11.9 Å². The van der Waals surface area contributed by atoms with Crippen molar-refractivity contribution in [2.75, 3.05) is 16.8 Å². The van der Waals surface area contributed by atoms with Gasteiger partial charge in [0.05, 0.1) is 5.69 Å². The summed E-state index contributed by atoms with van der Waals surface area (Å²) in [7, 11) is 0. The molecule has 30 heavy (non-hydrogen) atoms. The molecule has 3 aromatic carbocycles. The van der Waals surface area contributed by atoms with E-state index in [1.165, 1.54) is 0 Å². The quantitative estimate of drug-likeness (QED) is 0.617. The van der Waals surface area contributed by atoms with Crippen LogP contribution >= 0.6 is 11.8 Å². The van der Waals surface area contributed by atoms with Gasteiger partial charge in [-0.3, -0.25) is 9.69 Å². The Labute approximate surface area is 180 Å². The Kier molecular flexibility index (Phi) is 6.05. The van der Waals surface area contributed by atoms with E-state index in [0.717, 1.165) is 16.1 Å². The molecule has 152 valence electrons. The minimum atomic E-state index is -0.170. The second kappa shape index (κ2) is 9.05. The molecule has 0 fully saturated rings. The molecule has 5 nitrogen and oxygen atoms in total. The molecule has 1 aliphatic rings. The molecule has 1 unspecified atom stereocenters. The topological polar surface area (TPSA) is 61.4 Å². The largest absolute Gasteiger partial charge is 0.348 e. The lowest BCUT2D eigenvalue weighted by Gasteiger charge is -2.32. The summed E-state index contributed by atoms with van der Waals surface area (Å²) < 4.78 is 0. The maximum Gasteiger partial charge on any atom is 0.326 e. The fourth-order valence-corrected chi connectivity index (χ4v) is 4.47. The summed E-state index contributed by atoms with van der Waals surface area (Å²) in [6, 6.07) is 24.5. The number of thioether (sulfide) groups is 1. The molecule has 2 N–H and O–H groups in total. The molecule has 3 aromatic rings. The highest BCUT2D eigenvalue weighted by molar-refractivity contribution is 8.00. The Hall–Kier alpha value is -3.25. The van der Waals surface area contributed by atoms with Crippen LogP contribution in [0.1, 0.15) is 22.8 Å². The zero-order valence-electron chi connectivity index (χ0n) is 16.7. The van der Waals surface area contributed by atoms with Crippen LogP contribution in [0.4, 0.5) is 16.2 Å². The molecule has 0 aliphatic carbocycles. The summed E-state index contributed by atoms with van der Waals surface area (Å²) >= 11 is 1.78. The molecule has 3 amide bonds.